The lowest BCUT2D eigenvalue weighted by atomic mass is 10.1. The lowest BCUT2D eigenvalue weighted by Crippen LogP contribution is -2.32. The Hall–Kier alpha value is -3.84. The van der Waals surface area contributed by atoms with Gasteiger partial charge in [-0.15, -0.1) is 0 Å². The van der Waals surface area contributed by atoms with Crippen molar-refractivity contribution in [1.29, 1.82) is 0 Å². The van der Waals surface area contributed by atoms with Gasteiger partial charge in [0.15, 0.2) is 4.96 Å². The number of aromatic nitrogens is 2. The van der Waals surface area contributed by atoms with Gasteiger partial charge in [-0.25, -0.2) is 13.8 Å². The van der Waals surface area contributed by atoms with Gasteiger partial charge in [-0.3, -0.25) is 9.59 Å². The minimum atomic E-state index is -0.369. The molecule has 31 heavy (non-hydrogen) atoms. The molecule has 150 valence electrons. The number of hydrogen-bond donors (Lipinski definition) is 0. The zero-order valence-corrected chi connectivity index (χ0v) is 16.9. The van der Waals surface area contributed by atoms with Crippen LogP contribution in [0.25, 0.3) is 21.6 Å². The zero-order chi connectivity index (χ0) is 21.1. The fourth-order valence-electron chi connectivity index (χ4n) is 4.12. The molecule has 3 aromatic carbocycles. The number of amides is 1. The number of anilines is 1. The SMILES string of the molecule is O=C1/C(=c2/sc3nc4ccccc4n3c2=O)c2ccccc2N1Cc1ccccc1F. The van der Waals surface area contributed by atoms with Crippen molar-refractivity contribution < 1.29 is 9.18 Å². The Kier molecular flexibility index (Phi) is 3.82. The molecular weight excluding hydrogens is 413 g/mol. The number of thiazole rings is 1. The highest BCUT2D eigenvalue weighted by atomic mass is 32.1. The van der Waals surface area contributed by atoms with Crippen LogP contribution in [0.3, 0.4) is 0 Å². The highest BCUT2D eigenvalue weighted by Gasteiger charge is 2.34. The topological polar surface area (TPSA) is 54.7 Å². The summed E-state index contributed by atoms with van der Waals surface area (Å²) in [4.78, 5) is 33.5. The van der Waals surface area contributed by atoms with Crippen LogP contribution in [0.15, 0.2) is 77.6 Å². The normalized spacial score (nSPS) is 15.3. The molecule has 0 spiro atoms. The molecule has 0 saturated heterocycles. The van der Waals surface area contributed by atoms with Gasteiger partial charge in [-0.1, -0.05) is 59.9 Å². The van der Waals surface area contributed by atoms with Crippen molar-refractivity contribution in [2.75, 3.05) is 4.90 Å². The summed E-state index contributed by atoms with van der Waals surface area (Å²) in [5.74, 6) is -0.679. The summed E-state index contributed by atoms with van der Waals surface area (Å²) in [6.45, 7) is 0.0889. The maximum absolute atomic E-state index is 14.3. The second-order valence-corrected chi connectivity index (χ2v) is 8.31. The summed E-state index contributed by atoms with van der Waals surface area (Å²) < 4.78 is 16.2. The van der Waals surface area contributed by atoms with E-state index in [1.54, 1.807) is 22.6 Å². The van der Waals surface area contributed by atoms with Crippen LogP contribution in [0, 0.1) is 5.82 Å². The number of imidazole rings is 1. The standard InChI is InChI=1S/C24H14FN3O2S/c25-16-9-3-1-7-14(16)13-27-18-11-5-2-8-15(18)20(22(27)29)21-23(30)28-19-12-6-4-10-17(19)26-24(28)31-21/h1-12H,13H2/b21-20+. The Labute approximate surface area is 179 Å². The molecule has 0 bridgehead atoms. The molecule has 1 amide bonds. The van der Waals surface area contributed by atoms with Gasteiger partial charge in [0.1, 0.15) is 10.3 Å². The summed E-state index contributed by atoms with van der Waals surface area (Å²) in [5, 5.41) is 0. The van der Waals surface area contributed by atoms with Crippen LogP contribution in [0.1, 0.15) is 11.1 Å². The maximum atomic E-state index is 14.3. The summed E-state index contributed by atoms with van der Waals surface area (Å²) >= 11 is 1.21. The first-order valence-corrected chi connectivity index (χ1v) is 10.5. The molecule has 0 unspecified atom stereocenters. The predicted octanol–water partition coefficient (Wildman–Crippen LogP) is 3.51. The second kappa shape index (κ2) is 6.58. The van der Waals surface area contributed by atoms with Crippen LogP contribution in [-0.4, -0.2) is 15.3 Å². The molecular formula is C24H14FN3O2S. The van der Waals surface area contributed by atoms with E-state index in [-0.39, 0.29) is 23.8 Å². The molecule has 2 aromatic heterocycles. The van der Waals surface area contributed by atoms with Crippen molar-refractivity contribution in [3.63, 3.8) is 0 Å². The van der Waals surface area contributed by atoms with Crippen LogP contribution in [0.4, 0.5) is 10.1 Å². The average Bonchev–Trinajstić information content (AvgIpc) is 3.39. The second-order valence-electron chi connectivity index (χ2n) is 7.33. The molecule has 1 aliphatic heterocycles. The molecule has 5 aromatic rings. The van der Waals surface area contributed by atoms with E-state index in [0.717, 1.165) is 5.52 Å². The predicted molar refractivity (Wildman–Crippen MR) is 119 cm³/mol. The maximum Gasteiger partial charge on any atom is 0.275 e. The Balaban J connectivity index is 1.60. The molecule has 0 radical (unpaired) electrons. The van der Waals surface area contributed by atoms with Crippen LogP contribution < -0.4 is 15.0 Å². The van der Waals surface area contributed by atoms with Gasteiger partial charge in [0.25, 0.3) is 11.5 Å². The lowest BCUT2D eigenvalue weighted by molar-refractivity contribution is -0.113. The van der Waals surface area contributed by atoms with Gasteiger partial charge in [0, 0.05) is 11.1 Å². The number of fused-ring (bicyclic) bond motifs is 4. The van der Waals surface area contributed by atoms with Crippen molar-refractivity contribution >= 4 is 44.5 Å². The van der Waals surface area contributed by atoms with Crippen LogP contribution in [0.2, 0.25) is 0 Å². The fraction of sp³-hybridized carbons (Fsp3) is 0.0417. The van der Waals surface area contributed by atoms with E-state index < -0.39 is 0 Å². The van der Waals surface area contributed by atoms with E-state index in [0.29, 0.717) is 37.4 Å². The highest BCUT2D eigenvalue weighted by Crippen LogP contribution is 2.36. The lowest BCUT2D eigenvalue weighted by Gasteiger charge is -2.17. The van der Waals surface area contributed by atoms with Crippen LogP contribution >= 0.6 is 11.3 Å². The van der Waals surface area contributed by atoms with Crippen molar-refractivity contribution in [2.24, 2.45) is 0 Å². The summed E-state index contributed by atoms with van der Waals surface area (Å²) in [7, 11) is 0. The number of carbonyl (C=O) groups excluding carboxylic acids is 1. The Morgan fingerprint density at radius 2 is 1.65 bits per heavy atom. The molecule has 0 saturated carbocycles. The smallest absolute Gasteiger partial charge is 0.275 e. The van der Waals surface area contributed by atoms with Gasteiger partial charge in [0.05, 0.1) is 28.8 Å². The van der Waals surface area contributed by atoms with Crippen molar-refractivity contribution in [3.05, 3.63) is 105 Å². The number of benzene rings is 3. The van der Waals surface area contributed by atoms with E-state index in [4.69, 9.17) is 0 Å². The van der Waals surface area contributed by atoms with E-state index >= 15 is 0 Å². The van der Waals surface area contributed by atoms with Gasteiger partial charge < -0.3 is 4.90 Å². The van der Waals surface area contributed by atoms with Gasteiger partial charge >= 0.3 is 0 Å². The van der Waals surface area contributed by atoms with Crippen molar-refractivity contribution in [3.8, 4) is 0 Å². The van der Waals surface area contributed by atoms with Gasteiger partial charge in [-0.05, 0) is 24.3 Å². The fourth-order valence-corrected chi connectivity index (χ4v) is 5.19. The first-order valence-electron chi connectivity index (χ1n) is 9.72. The minimum absolute atomic E-state index is 0.0889. The number of rotatable bonds is 2. The Morgan fingerprint density at radius 1 is 0.903 bits per heavy atom. The minimum Gasteiger partial charge on any atom is -0.303 e. The monoisotopic (exact) mass is 427 g/mol. The number of para-hydroxylation sites is 3. The zero-order valence-electron chi connectivity index (χ0n) is 16.1. The van der Waals surface area contributed by atoms with E-state index in [1.807, 2.05) is 48.5 Å². The number of carbonyl (C=O) groups is 1. The first-order chi connectivity index (χ1) is 15.1. The molecule has 0 N–H and O–H groups in total. The third-order valence-electron chi connectivity index (χ3n) is 5.56. The molecule has 1 aliphatic rings. The Bertz CT molecular complexity index is 1640. The number of nitrogens with zero attached hydrogens (tertiary/aromatic N) is 3. The van der Waals surface area contributed by atoms with Crippen molar-refractivity contribution in [1.82, 2.24) is 9.38 Å². The third-order valence-corrected chi connectivity index (χ3v) is 6.60. The molecule has 3 heterocycles. The van der Waals surface area contributed by atoms with E-state index in [9.17, 15) is 14.0 Å². The summed E-state index contributed by atoms with van der Waals surface area (Å²) in [6.07, 6.45) is 0. The molecule has 7 heteroatoms. The molecule has 0 fully saturated rings. The van der Waals surface area contributed by atoms with Crippen LogP contribution in [0.5, 0.6) is 0 Å². The Morgan fingerprint density at radius 3 is 2.52 bits per heavy atom. The molecule has 5 nitrogen and oxygen atoms in total. The summed E-state index contributed by atoms with van der Waals surface area (Å²) in [6, 6.07) is 21.1. The van der Waals surface area contributed by atoms with Gasteiger partial charge in [0.2, 0.25) is 0 Å². The third kappa shape index (κ3) is 2.56. The molecule has 0 aliphatic carbocycles. The number of hydrogen-bond acceptors (Lipinski definition) is 4. The highest BCUT2D eigenvalue weighted by molar-refractivity contribution is 7.15. The largest absolute Gasteiger partial charge is 0.303 e. The summed E-state index contributed by atoms with van der Waals surface area (Å²) in [5.41, 5.74) is 3.29. The van der Waals surface area contributed by atoms with Crippen molar-refractivity contribution in [2.45, 2.75) is 6.54 Å². The number of halogens is 1. The molecule has 0 atom stereocenters. The quantitative estimate of drug-likeness (QED) is 0.433. The van der Waals surface area contributed by atoms with Crippen LogP contribution in [-0.2, 0) is 11.3 Å². The van der Waals surface area contributed by atoms with Gasteiger partial charge in [-0.2, -0.15) is 0 Å². The first kappa shape index (κ1) is 18.0. The average molecular weight is 427 g/mol. The van der Waals surface area contributed by atoms with E-state index in [2.05, 4.69) is 4.98 Å². The van der Waals surface area contributed by atoms with E-state index in [1.165, 1.54) is 22.3 Å². The molecule has 6 rings (SSSR count).